The standard InChI is InChI=1S/C27H33N3O8/c1-34-24-19-25(35-2)29-23(28-24)18-22(26(31)37-16-10-11-17-38-30(32)33)27(36-3,20-12-6-4-7-13-20)21-14-8-5-9-15-21/h4-9,12-15,19,22,32-33H,10-11,16-18H2,1-3H3/t22-/m1/s1. The van der Waals surface area contributed by atoms with E-state index in [1.807, 2.05) is 60.7 Å². The zero-order chi connectivity index (χ0) is 27.4. The fourth-order valence-corrected chi connectivity index (χ4v) is 4.27. The molecule has 1 aromatic heterocycles. The summed E-state index contributed by atoms with van der Waals surface area (Å²) in [6.45, 7) is 0.128. The fourth-order valence-electron chi connectivity index (χ4n) is 4.27. The molecule has 3 aromatic rings. The predicted octanol–water partition coefficient (Wildman–Crippen LogP) is 3.58. The van der Waals surface area contributed by atoms with Crippen LogP contribution in [0.15, 0.2) is 66.7 Å². The van der Waals surface area contributed by atoms with E-state index in [9.17, 15) is 4.79 Å². The summed E-state index contributed by atoms with van der Waals surface area (Å²) in [6.07, 6.45) is 0.919. The molecule has 0 aliphatic heterocycles. The Morgan fingerprint density at radius 2 is 1.39 bits per heavy atom. The largest absolute Gasteiger partial charge is 0.481 e. The lowest BCUT2D eigenvalue weighted by molar-refractivity contribution is -0.492. The molecule has 0 bridgehead atoms. The molecule has 0 spiro atoms. The fraction of sp³-hybridized carbons (Fsp3) is 0.370. The van der Waals surface area contributed by atoms with E-state index in [0.717, 1.165) is 11.1 Å². The van der Waals surface area contributed by atoms with Gasteiger partial charge in [-0.1, -0.05) is 60.7 Å². The van der Waals surface area contributed by atoms with Crippen molar-refractivity contribution in [2.45, 2.75) is 24.9 Å². The zero-order valence-corrected chi connectivity index (χ0v) is 21.6. The summed E-state index contributed by atoms with van der Waals surface area (Å²) in [4.78, 5) is 27.3. The monoisotopic (exact) mass is 527 g/mol. The zero-order valence-electron chi connectivity index (χ0n) is 21.6. The number of carbonyl (C=O) groups excluding carboxylic acids is 1. The van der Waals surface area contributed by atoms with Gasteiger partial charge in [-0.25, -0.2) is 0 Å². The Balaban J connectivity index is 2.02. The lowest BCUT2D eigenvalue weighted by atomic mass is 9.74. The quantitative estimate of drug-likeness (QED) is 0.171. The predicted molar refractivity (Wildman–Crippen MR) is 135 cm³/mol. The number of carbonyl (C=O) groups is 1. The number of rotatable bonds is 15. The Morgan fingerprint density at radius 3 is 1.87 bits per heavy atom. The van der Waals surface area contributed by atoms with E-state index in [4.69, 9.17) is 29.4 Å². The maximum Gasteiger partial charge on any atom is 0.313 e. The van der Waals surface area contributed by atoms with E-state index in [0.29, 0.717) is 30.4 Å². The number of hydrogen-bond acceptors (Lipinski definition) is 11. The van der Waals surface area contributed by atoms with E-state index < -0.39 is 17.5 Å². The van der Waals surface area contributed by atoms with Crippen LogP contribution in [0.2, 0.25) is 0 Å². The first-order valence-corrected chi connectivity index (χ1v) is 12.0. The SMILES string of the molecule is COc1cc(OC)nc(C[C@H](C(=O)OCCCCON(O)O)C(OC)(c2ccccc2)c2ccccc2)n1. The molecule has 38 heavy (non-hydrogen) atoms. The molecule has 2 aromatic carbocycles. The minimum atomic E-state index is -1.24. The van der Waals surface area contributed by atoms with Crippen LogP contribution in [0.1, 0.15) is 29.8 Å². The number of aromatic nitrogens is 2. The maximum atomic E-state index is 13.8. The molecular formula is C27H33N3O8. The Morgan fingerprint density at radius 1 is 0.868 bits per heavy atom. The molecular weight excluding hydrogens is 494 g/mol. The molecule has 0 amide bonds. The van der Waals surface area contributed by atoms with Gasteiger partial charge in [0.05, 0.1) is 38.9 Å². The first-order valence-electron chi connectivity index (χ1n) is 12.0. The molecule has 0 radical (unpaired) electrons. The molecule has 204 valence electrons. The van der Waals surface area contributed by atoms with Gasteiger partial charge in [0.15, 0.2) is 0 Å². The summed E-state index contributed by atoms with van der Waals surface area (Å²) in [5.41, 5.74) is 0.270. The highest BCUT2D eigenvalue weighted by Crippen LogP contribution is 2.42. The second kappa shape index (κ2) is 14.4. The van der Waals surface area contributed by atoms with E-state index in [2.05, 4.69) is 14.8 Å². The molecule has 0 aliphatic carbocycles. The molecule has 0 aliphatic rings. The van der Waals surface area contributed by atoms with Crippen molar-refractivity contribution >= 4 is 5.97 Å². The molecule has 3 rings (SSSR count). The Hall–Kier alpha value is -3.61. The Bertz CT molecular complexity index is 1070. The molecule has 1 atom stereocenters. The third-order valence-corrected chi connectivity index (χ3v) is 6.02. The summed E-state index contributed by atoms with van der Waals surface area (Å²) >= 11 is 0. The van der Waals surface area contributed by atoms with Gasteiger partial charge in [-0.3, -0.25) is 20.0 Å². The van der Waals surface area contributed by atoms with Gasteiger partial charge < -0.3 is 18.9 Å². The number of methoxy groups -OCH3 is 3. The van der Waals surface area contributed by atoms with Gasteiger partial charge >= 0.3 is 5.97 Å². The van der Waals surface area contributed by atoms with Crippen LogP contribution in [0.25, 0.3) is 0 Å². The first-order chi connectivity index (χ1) is 18.4. The minimum absolute atomic E-state index is 0.0431. The molecule has 0 unspecified atom stereocenters. The number of benzene rings is 2. The van der Waals surface area contributed by atoms with E-state index >= 15 is 0 Å². The number of ether oxygens (including phenoxy) is 4. The van der Waals surface area contributed by atoms with Crippen LogP contribution >= 0.6 is 0 Å². The minimum Gasteiger partial charge on any atom is -0.481 e. The third-order valence-electron chi connectivity index (χ3n) is 6.02. The van der Waals surface area contributed by atoms with Gasteiger partial charge in [0, 0.05) is 13.5 Å². The molecule has 11 heteroatoms. The number of unbranched alkanes of at least 4 members (excludes halogenated alkanes) is 1. The number of hydrogen-bond donors (Lipinski definition) is 2. The van der Waals surface area contributed by atoms with Crippen molar-refractivity contribution in [1.29, 1.82) is 0 Å². The third kappa shape index (κ3) is 7.24. The Kier molecular flexibility index (Phi) is 10.9. The van der Waals surface area contributed by atoms with Crippen LogP contribution in [0.3, 0.4) is 0 Å². The molecule has 0 saturated carbocycles. The second-order valence-corrected chi connectivity index (χ2v) is 8.26. The van der Waals surface area contributed by atoms with Gasteiger partial charge in [-0.15, -0.1) is 0 Å². The van der Waals surface area contributed by atoms with Gasteiger partial charge in [0.2, 0.25) is 11.8 Å². The van der Waals surface area contributed by atoms with Crippen molar-refractivity contribution in [3.8, 4) is 11.8 Å². The van der Waals surface area contributed by atoms with E-state index in [1.165, 1.54) is 14.2 Å². The number of nitrogens with zero attached hydrogens (tertiary/aromatic N) is 3. The van der Waals surface area contributed by atoms with Crippen LogP contribution in [-0.4, -0.2) is 66.3 Å². The smallest absolute Gasteiger partial charge is 0.313 e. The van der Waals surface area contributed by atoms with Crippen LogP contribution in [0, 0.1) is 5.92 Å². The molecule has 0 saturated heterocycles. The van der Waals surface area contributed by atoms with Crippen LogP contribution < -0.4 is 9.47 Å². The van der Waals surface area contributed by atoms with Gasteiger partial charge in [0.1, 0.15) is 17.3 Å². The van der Waals surface area contributed by atoms with Crippen molar-refractivity contribution in [3.63, 3.8) is 0 Å². The summed E-state index contributed by atoms with van der Waals surface area (Å²) in [5.74, 6) is -0.519. The van der Waals surface area contributed by atoms with Crippen molar-refractivity contribution in [1.82, 2.24) is 15.4 Å². The topological polar surface area (TPSA) is 133 Å². The molecule has 0 fully saturated rings. The van der Waals surface area contributed by atoms with Crippen molar-refractivity contribution in [2.75, 3.05) is 34.5 Å². The van der Waals surface area contributed by atoms with Gasteiger partial charge in [0.25, 0.3) is 0 Å². The average molecular weight is 528 g/mol. The highest BCUT2D eigenvalue weighted by molar-refractivity contribution is 5.76. The second-order valence-electron chi connectivity index (χ2n) is 8.26. The number of esters is 1. The molecule has 1 heterocycles. The summed E-state index contributed by atoms with van der Waals surface area (Å²) in [7, 11) is 4.53. The van der Waals surface area contributed by atoms with Gasteiger partial charge in [-0.05, 0) is 24.0 Å². The van der Waals surface area contributed by atoms with Crippen molar-refractivity contribution in [2.24, 2.45) is 5.92 Å². The highest BCUT2D eigenvalue weighted by atomic mass is 17.1. The normalized spacial score (nSPS) is 12.3. The van der Waals surface area contributed by atoms with Crippen LogP contribution in [0.4, 0.5) is 0 Å². The van der Waals surface area contributed by atoms with Crippen molar-refractivity contribution in [3.05, 3.63) is 83.7 Å². The first kappa shape index (κ1) is 29.0. The summed E-state index contributed by atoms with van der Waals surface area (Å²) in [6, 6.07) is 20.4. The van der Waals surface area contributed by atoms with Crippen LogP contribution in [-0.2, 0) is 31.1 Å². The summed E-state index contributed by atoms with van der Waals surface area (Å²) in [5, 5.41) is 17.0. The lowest BCUT2D eigenvalue weighted by Crippen LogP contribution is -2.45. The highest BCUT2D eigenvalue weighted by Gasteiger charge is 2.48. The van der Waals surface area contributed by atoms with E-state index in [1.54, 1.807) is 13.2 Å². The summed E-state index contributed by atoms with van der Waals surface area (Å²) < 4.78 is 22.6. The lowest BCUT2D eigenvalue weighted by Gasteiger charge is -2.39. The molecule has 11 nitrogen and oxygen atoms in total. The average Bonchev–Trinajstić information content (AvgIpc) is 2.95. The maximum absolute atomic E-state index is 13.8. The van der Waals surface area contributed by atoms with Gasteiger partial charge in [-0.2, -0.15) is 9.97 Å². The van der Waals surface area contributed by atoms with Crippen LogP contribution in [0.5, 0.6) is 11.8 Å². The van der Waals surface area contributed by atoms with Crippen molar-refractivity contribution < 1.29 is 39.0 Å². The molecule has 2 N–H and O–H groups in total. The van der Waals surface area contributed by atoms with E-state index in [-0.39, 0.29) is 25.0 Å². The Labute approximate surface area is 221 Å².